The zero-order valence-electron chi connectivity index (χ0n) is 12.8. The van der Waals surface area contributed by atoms with E-state index >= 15 is 0 Å². The number of likely N-dealkylation sites (tertiary alicyclic amines) is 1. The molecule has 1 saturated heterocycles. The molecule has 1 fully saturated rings. The second-order valence-electron chi connectivity index (χ2n) is 6.73. The summed E-state index contributed by atoms with van der Waals surface area (Å²) in [5, 5.41) is 2.87. The van der Waals surface area contributed by atoms with Crippen LogP contribution in [0.3, 0.4) is 0 Å². The Balaban J connectivity index is 2.43. The molecule has 1 aliphatic rings. The summed E-state index contributed by atoms with van der Waals surface area (Å²) in [5.41, 5.74) is -1.70. The third-order valence-corrected chi connectivity index (χ3v) is 3.20. The number of ether oxygens (including phenoxy) is 1. The number of halogens is 1. The summed E-state index contributed by atoms with van der Waals surface area (Å²) < 4.78 is 19.5. The van der Waals surface area contributed by atoms with Crippen molar-refractivity contribution < 1.29 is 13.9 Å². The van der Waals surface area contributed by atoms with Crippen LogP contribution in [0.5, 0.6) is 0 Å². The minimum Gasteiger partial charge on any atom is -0.444 e. The Bertz CT molecular complexity index is 313. The van der Waals surface area contributed by atoms with Gasteiger partial charge in [0.1, 0.15) is 11.3 Å². The van der Waals surface area contributed by atoms with Crippen molar-refractivity contribution in [2.45, 2.75) is 51.8 Å². The predicted molar refractivity (Wildman–Crippen MR) is 74.0 cm³/mol. The second-order valence-corrected chi connectivity index (χ2v) is 6.73. The van der Waals surface area contributed by atoms with Gasteiger partial charge in [0.25, 0.3) is 0 Å². The van der Waals surface area contributed by atoms with E-state index in [0.29, 0.717) is 26.1 Å². The second kappa shape index (κ2) is 6.07. The van der Waals surface area contributed by atoms with E-state index < -0.39 is 11.3 Å². The molecule has 0 spiro atoms. The summed E-state index contributed by atoms with van der Waals surface area (Å²) in [5.74, 6) is 0.218. The summed E-state index contributed by atoms with van der Waals surface area (Å²) in [6.07, 6.45) is 1.04. The summed E-state index contributed by atoms with van der Waals surface area (Å²) in [6, 6.07) is 0. The van der Waals surface area contributed by atoms with Crippen molar-refractivity contribution in [1.29, 1.82) is 0 Å². The van der Waals surface area contributed by atoms with Crippen molar-refractivity contribution in [3.8, 4) is 0 Å². The Morgan fingerprint density at radius 3 is 2.58 bits per heavy atom. The number of hydrogen-bond donors (Lipinski definition) is 1. The summed E-state index contributed by atoms with van der Waals surface area (Å²) in [4.78, 5) is 13.6. The number of rotatable bonds is 4. The predicted octanol–water partition coefficient (Wildman–Crippen LogP) is 2.58. The number of nitrogens with zero attached hydrogens (tertiary/aromatic N) is 1. The normalized spacial score (nSPS) is 23.3. The van der Waals surface area contributed by atoms with Crippen molar-refractivity contribution >= 4 is 6.09 Å². The Kier molecular flexibility index (Phi) is 5.18. The molecule has 4 nitrogen and oxygen atoms in total. The van der Waals surface area contributed by atoms with Gasteiger partial charge in [0.15, 0.2) is 0 Å². The highest BCUT2D eigenvalue weighted by molar-refractivity contribution is 5.68. The van der Waals surface area contributed by atoms with Gasteiger partial charge in [-0.1, -0.05) is 0 Å². The molecule has 0 saturated carbocycles. The lowest BCUT2D eigenvalue weighted by Crippen LogP contribution is -2.37. The van der Waals surface area contributed by atoms with E-state index in [1.54, 1.807) is 18.9 Å². The topological polar surface area (TPSA) is 41.6 Å². The quantitative estimate of drug-likeness (QED) is 0.856. The fraction of sp³-hybridized carbons (Fsp3) is 0.929. The fourth-order valence-corrected chi connectivity index (χ4v) is 2.53. The first-order valence-electron chi connectivity index (χ1n) is 6.94. The molecule has 2 atom stereocenters. The zero-order chi connectivity index (χ0) is 14.7. The van der Waals surface area contributed by atoms with Crippen LogP contribution in [-0.2, 0) is 4.74 Å². The van der Waals surface area contributed by atoms with Gasteiger partial charge < -0.3 is 15.0 Å². The number of hydrogen-bond acceptors (Lipinski definition) is 3. The van der Waals surface area contributed by atoms with Gasteiger partial charge in [0, 0.05) is 19.6 Å². The molecule has 19 heavy (non-hydrogen) atoms. The van der Waals surface area contributed by atoms with Gasteiger partial charge in [-0.25, -0.2) is 9.18 Å². The van der Waals surface area contributed by atoms with Gasteiger partial charge >= 0.3 is 6.09 Å². The van der Waals surface area contributed by atoms with Crippen LogP contribution in [0.15, 0.2) is 0 Å². The Morgan fingerprint density at radius 1 is 1.42 bits per heavy atom. The fourth-order valence-electron chi connectivity index (χ4n) is 2.53. The van der Waals surface area contributed by atoms with E-state index in [0.717, 1.165) is 6.42 Å². The standard InChI is InChI=1S/C14H27FN2O2/c1-13(2,3)19-12(18)17-7-6-11(9-17)8-14(4,15)10-16-5/h11,16H,6-10H2,1-5H3. The smallest absolute Gasteiger partial charge is 0.410 e. The van der Waals surface area contributed by atoms with Crippen LogP contribution in [0.4, 0.5) is 9.18 Å². The lowest BCUT2D eigenvalue weighted by molar-refractivity contribution is 0.0281. The lowest BCUT2D eigenvalue weighted by atomic mass is 9.93. The van der Waals surface area contributed by atoms with Crippen LogP contribution < -0.4 is 5.32 Å². The summed E-state index contributed by atoms with van der Waals surface area (Å²) in [7, 11) is 1.75. The molecule has 0 aromatic heterocycles. The number of carbonyl (C=O) groups excluding carboxylic acids is 1. The molecule has 1 heterocycles. The largest absolute Gasteiger partial charge is 0.444 e. The zero-order valence-corrected chi connectivity index (χ0v) is 12.8. The van der Waals surface area contributed by atoms with Gasteiger partial charge in [-0.2, -0.15) is 0 Å². The van der Waals surface area contributed by atoms with Crippen LogP contribution in [0.2, 0.25) is 0 Å². The first-order valence-corrected chi connectivity index (χ1v) is 6.94. The van der Waals surface area contributed by atoms with Crippen LogP contribution in [0.25, 0.3) is 0 Å². The molecule has 0 radical (unpaired) electrons. The Morgan fingerprint density at radius 2 is 2.05 bits per heavy atom. The number of amides is 1. The van der Waals surface area contributed by atoms with E-state index in [1.165, 1.54) is 0 Å². The third-order valence-electron chi connectivity index (χ3n) is 3.20. The molecule has 0 aromatic rings. The monoisotopic (exact) mass is 274 g/mol. The van der Waals surface area contributed by atoms with Gasteiger partial charge in [0.2, 0.25) is 0 Å². The molecular weight excluding hydrogens is 247 g/mol. The van der Waals surface area contributed by atoms with E-state index in [2.05, 4.69) is 5.32 Å². The molecule has 112 valence electrons. The molecule has 1 aliphatic heterocycles. The molecule has 0 aliphatic carbocycles. The SMILES string of the molecule is CNCC(C)(F)CC1CCN(C(=O)OC(C)(C)C)C1. The molecule has 5 heteroatoms. The van der Waals surface area contributed by atoms with Gasteiger partial charge in [0.05, 0.1) is 0 Å². The lowest BCUT2D eigenvalue weighted by Gasteiger charge is -2.26. The van der Waals surface area contributed by atoms with E-state index in [1.807, 2.05) is 20.8 Å². The molecule has 1 amide bonds. The molecule has 1 N–H and O–H groups in total. The molecule has 1 rings (SSSR count). The van der Waals surface area contributed by atoms with Crippen molar-refractivity contribution in [3.63, 3.8) is 0 Å². The van der Waals surface area contributed by atoms with E-state index in [4.69, 9.17) is 4.74 Å². The Hall–Kier alpha value is -0.840. The van der Waals surface area contributed by atoms with Crippen LogP contribution in [0.1, 0.15) is 40.5 Å². The first kappa shape index (κ1) is 16.2. The van der Waals surface area contributed by atoms with E-state index in [9.17, 15) is 9.18 Å². The van der Waals surface area contributed by atoms with Crippen molar-refractivity contribution in [2.24, 2.45) is 5.92 Å². The molecule has 0 bridgehead atoms. The molecular formula is C14H27FN2O2. The van der Waals surface area contributed by atoms with Gasteiger partial charge in [-0.3, -0.25) is 0 Å². The number of alkyl halides is 1. The van der Waals surface area contributed by atoms with Crippen LogP contribution in [0, 0.1) is 5.92 Å². The average Bonchev–Trinajstić information content (AvgIpc) is 2.62. The first-order chi connectivity index (χ1) is 8.63. The highest BCUT2D eigenvalue weighted by Crippen LogP contribution is 2.28. The highest BCUT2D eigenvalue weighted by atomic mass is 19.1. The highest BCUT2D eigenvalue weighted by Gasteiger charge is 2.34. The maximum absolute atomic E-state index is 14.1. The molecule has 2 unspecified atom stereocenters. The Labute approximate surface area is 115 Å². The summed E-state index contributed by atoms with van der Waals surface area (Å²) in [6.45, 7) is 8.76. The maximum Gasteiger partial charge on any atom is 0.410 e. The van der Waals surface area contributed by atoms with Crippen molar-refractivity contribution in [3.05, 3.63) is 0 Å². The maximum atomic E-state index is 14.1. The number of carbonyl (C=O) groups is 1. The summed E-state index contributed by atoms with van der Waals surface area (Å²) >= 11 is 0. The van der Waals surface area contributed by atoms with Gasteiger partial charge in [-0.15, -0.1) is 0 Å². The molecule has 0 aromatic carbocycles. The minimum atomic E-state index is -1.22. The van der Waals surface area contributed by atoms with Crippen molar-refractivity contribution in [2.75, 3.05) is 26.7 Å². The van der Waals surface area contributed by atoms with Crippen LogP contribution >= 0.6 is 0 Å². The van der Waals surface area contributed by atoms with E-state index in [-0.39, 0.29) is 12.0 Å². The van der Waals surface area contributed by atoms with Crippen LogP contribution in [-0.4, -0.2) is 48.9 Å². The van der Waals surface area contributed by atoms with Crippen molar-refractivity contribution in [1.82, 2.24) is 10.2 Å². The third kappa shape index (κ3) is 5.76. The minimum absolute atomic E-state index is 0.218. The number of nitrogens with one attached hydrogen (secondary N) is 1. The average molecular weight is 274 g/mol. The van der Waals surface area contributed by atoms with Gasteiger partial charge in [-0.05, 0) is 53.5 Å².